The predicted octanol–water partition coefficient (Wildman–Crippen LogP) is 1.31. The number of amides is 7. The lowest BCUT2D eigenvalue weighted by Crippen LogP contribution is -2.65. The molecule has 7 aliphatic rings. The van der Waals surface area contributed by atoms with E-state index in [0.717, 1.165) is 72.3 Å². The van der Waals surface area contributed by atoms with Gasteiger partial charge in [0, 0.05) is 48.4 Å². The molecule has 35 nitrogen and oxygen atoms in total. The number of carbonyl (C=O) groups is 9. The van der Waals surface area contributed by atoms with Gasteiger partial charge in [-0.1, -0.05) is 65.3 Å². The molecule has 0 spiro atoms. The van der Waals surface area contributed by atoms with Gasteiger partial charge in [-0.25, -0.2) is 0 Å². The van der Waals surface area contributed by atoms with Crippen LogP contribution in [0.25, 0.3) is 11.1 Å². The largest absolute Gasteiger partial charge is 0.508 e. The molecule has 7 aliphatic heterocycles. The Bertz CT molecular complexity index is 4600. The Hall–Kier alpha value is -10.2. The van der Waals surface area contributed by atoms with Gasteiger partial charge in [-0.3, -0.25) is 43.2 Å². The summed E-state index contributed by atoms with van der Waals surface area (Å²) >= 11 is 15.3. The van der Waals surface area contributed by atoms with E-state index in [1.807, 2.05) is 6.07 Å². The van der Waals surface area contributed by atoms with Crippen molar-refractivity contribution in [3.8, 4) is 62.9 Å². The topological polar surface area (TPSA) is 557 Å². The number of phenolic OH excluding ortho intramolecular Hbond substituents is 3. The third kappa shape index (κ3) is 18.6. The summed E-state index contributed by atoms with van der Waals surface area (Å²) in [5, 5.41) is 131. The fourth-order valence-corrected chi connectivity index (χ4v) is 14.2. The molecule has 38 heteroatoms. The molecule has 17 atom stereocenters. The molecule has 2 saturated heterocycles. The number of aliphatic carboxylic acids is 1. The summed E-state index contributed by atoms with van der Waals surface area (Å²) < 4.78 is 45.1. The number of phenols is 3. The van der Waals surface area contributed by atoms with Gasteiger partial charge in [0.1, 0.15) is 108 Å². The third-order valence-corrected chi connectivity index (χ3v) is 20.5. The van der Waals surface area contributed by atoms with Gasteiger partial charge in [0.25, 0.3) is 0 Å². The highest BCUT2D eigenvalue weighted by molar-refractivity contribution is 8.13. The van der Waals surface area contributed by atoms with Crippen molar-refractivity contribution >= 4 is 87.4 Å². The van der Waals surface area contributed by atoms with Crippen LogP contribution < -0.4 is 67.6 Å². The van der Waals surface area contributed by atoms with Crippen LogP contribution in [0.15, 0.2) is 103 Å². The van der Waals surface area contributed by atoms with E-state index in [1.165, 1.54) is 30.8 Å². The monoisotopic (exact) mass is 1600 g/mol. The first-order valence-corrected chi connectivity index (χ1v) is 36.2. The molecule has 21 N–H and O–H groups in total. The molecule has 0 saturated carbocycles. The second-order valence-electron chi connectivity index (χ2n) is 27.0. The smallest absolute Gasteiger partial charge is 0.322 e. The maximum absolute atomic E-state index is 16.0. The van der Waals surface area contributed by atoms with Crippen LogP contribution in [-0.2, 0) is 63.9 Å². The first-order chi connectivity index (χ1) is 52.7. The Morgan fingerprint density at radius 1 is 0.712 bits per heavy atom. The highest BCUT2D eigenvalue weighted by Crippen LogP contribution is 2.50. The number of fused-ring (bicyclic) bond motifs is 15. The van der Waals surface area contributed by atoms with Crippen molar-refractivity contribution < 1.29 is 127 Å². The van der Waals surface area contributed by atoms with Crippen LogP contribution in [-0.4, -0.2) is 202 Å². The van der Waals surface area contributed by atoms with Crippen LogP contribution in [0.2, 0.25) is 10.0 Å². The molecule has 6 aromatic carbocycles. The van der Waals surface area contributed by atoms with Crippen molar-refractivity contribution in [2.24, 2.45) is 11.5 Å². The summed E-state index contributed by atoms with van der Waals surface area (Å²) in [4.78, 5) is 126. The summed E-state index contributed by atoms with van der Waals surface area (Å²) in [6.07, 6.45) is -18.2. The second kappa shape index (κ2) is 34.6. The Balaban J connectivity index is 1.08. The Kier molecular flexibility index (Phi) is 25.5. The molecule has 11 bridgehead atoms. The van der Waals surface area contributed by atoms with Crippen LogP contribution in [0.3, 0.4) is 0 Å². The third-order valence-electron chi connectivity index (χ3n) is 19.0. The maximum atomic E-state index is 16.0. The number of carbonyl (C=O) groups excluding carboxylic acids is 8. The second-order valence-corrected chi connectivity index (χ2v) is 29.1. The molecule has 0 unspecified atom stereocenters. The van der Waals surface area contributed by atoms with Crippen LogP contribution >= 0.6 is 35.0 Å². The molecule has 13 rings (SSSR count). The van der Waals surface area contributed by atoms with Crippen molar-refractivity contribution in [1.29, 1.82) is 0 Å². The van der Waals surface area contributed by atoms with Gasteiger partial charge in [-0.05, 0) is 120 Å². The zero-order valence-electron chi connectivity index (χ0n) is 59.0. The zero-order valence-corrected chi connectivity index (χ0v) is 61.4. The molecule has 0 radical (unpaired) electrons. The highest BCUT2D eigenvalue weighted by Gasteiger charge is 2.52. The number of aliphatic hydroxyl groups excluding tert-OH is 6. The van der Waals surface area contributed by atoms with E-state index in [2.05, 4.69) is 37.2 Å². The Morgan fingerprint density at radius 3 is 2.01 bits per heavy atom. The molecule has 2 fully saturated rings. The lowest BCUT2D eigenvalue weighted by atomic mass is 9.84. The number of aromatic hydroxyl groups is 3. The van der Waals surface area contributed by atoms with Gasteiger partial charge in [0.2, 0.25) is 53.4 Å². The molecule has 0 aromatic heterocycles. The maximum Gasteiger partial charge on any atom is 0.322 e. The average molecular weight is 1600 g/mol. The summed E-state index contributed by atoms with van der Waals surface area (Å²) in [5.74, 6) is -15.0. The molecule has 111 heavy (non-hydrogen) atoms. The number of benzene rings is 6. The van der Waals surface area contributed by atoms with Crippen molar-refractivity contribution in [1.82, 2.24) is 37.2 Å². The summed E-state index contributed by atoms with van der Waals surface area (Å²) in [7, 11) is 0. The van der Waals surface area contributed by atoms with Gasteiger partial charge in [0.15, 0.2) is 29.0 Å². The number of aliphatic hydroxyl groups is 6. The normalized spacial score (nSPS) is 27.4. The van der Waals surface area contributed by atoms with Crippen molar-refractivity contribution in [2.45, 2.75) is 150 Å². The number of carboxylic acids is 1. The number of nitrogens with one attached hydrogen (secondary N) is 7. The van der Waals surface area contributed by atoms with Gasteiger partial charge in [-0.2, -0.15) is 0 Å². The van der Waals surface area contributed by atoms with E-state index in [1.54, 1.807) is 32.0 Å². The van der Waals surface area contributed by atoms with E-state index in [-0.39, 0.29) is 45.5 Å². The summed E-state index contributed by atoms with van der Waals surface area (Å²) in [5.41, 5.74) is 8.64. The Labute approximate surface area is 645 Å². The lowest BCUT2D eigenvalue weighted by molar-refractivity contribution is -0.334. The fraction of sp³-hybridized carbons (Fsp3) is 0.384. The minimum absolute atomic E-state index is 0.0150. The number of primary amides is 1. The van der Waals surface area contributed by atoms with Crippen molar-refractivity contribution in [3.05, 3.63) is 147 Å². The number of hydrogen-bond donors (Lipinski definition) is 19. The quantitative estimate of drug-likeness (QED) is 0.0539. The van der Waals surface area contributed by atoms with Crippen LogP contribution in [0.5, 0.6) is 51.7 Å². The lowest BCUT2D eigenvalue weighted by Gasteiger charge is -2.48. The van der Waals surface area contributed by atoms with E-state index >= 15 is 19.2 Å². The Morgan fingerprint density at radius 2 is 1.36 bits per heavy atom. The standard InChI is InChI=1S/C73H79Cl2N9O26S/c1-29-65(97)73(3,79-26-31-6-4-7-37(16-31)104-14-5-15-111-30(2)86)25-52(105-29)109-64-62(96)61(95)49(28-85)108-72(64)110-63-47-20-35-21-48(63)107-46-13-10-34(19-41(46)75)60(94)58-71(103)83-57(68(100)78-27-51(91)92)39-22-36(87)23-44(89)53(39)38-17-32(8-11-43(38)88)55(69(101)84-58)82-70(102)56(35)81-66(98)42(24-50(76)90)80-67(99)54(77)59(93)33-9-12-45(106-47)40(74)18-33/h4,6-13,16-23,29,42,49,52,54-62,64-65,72,79,85,87-89,93-97H,5,14-15,24-28,77H2,1-3H3,(H2,76,90)(H,78,100)(H,80,99)(H,81,98)(H,82,102)(H,83,103)(H,84,101)(H,91,92)/t29-,42-,49+,52-,54+,55+,56+,57-,58-,59+,60+,61+,62-,64+,65+,72-,73-/m0/s1. The number of rotatable bonds is 18. The number of nitrogens with two attached hydrogens (primary N) is 2. The van der Waals surface area contributed by atoms with Crippen molar-refractivity contribution in [2.75, 3.05) is 25.5 Å². The SMILES string of the molecule is CC(=O)SCCCOc1cccc(CN[C@@]2(C)C[C@H](O[C@H]3[C@H](Oc4c5cc6cc4Oc4ccc(cc4Cl)[C@@H](O)[C@@H](N)C(=O)N[C@@H](CC(N)=O)C(=O)N[C@H]6C(=O)N[C@H]4C(=O)N[C@H](C(=O)N[C@H](C(=O)NCC(=O)O)c6cc(O)cc(O)c6-c6cc4ccc6O)[C@H](O)c4ccc(c(Cl)c4)O5)O[C@H](CO)[C@@H](O)[C@@H]3O)O[C@@H](C)[C@H]2O)c1. The first-order valence-electron chi connectivity index (χ1n) is 34.5. The number of hydrogen-bond acceptors (Lipinski definition) is 28. The van der Waals surface area contributed by atoms with Crippen LogP contribution in [0.4, 0.5) is 0 Å². The minimum Gasteiger partial charge on any atom is -0.508 e. The average Bonchev–Trinajstić information content (AvgIpc) is 0.768. The molecule has 7 heterocycles. The van der Waals surface area contributed by atoms with E-state index in [9.17, 15) is 75.0 Å². The molecular weight excluding hydrogens is 1520 g/mol. The summed E-state index contributed by atoms with van der Waals surface area (Å²) in [6.45, 7) is 3.15. The van der Waals surface area contributed by atoms with Gasteiger partial charge < -0.3 is 133 Å². The van der Waals surface area contributed by atoms with Crippen LogP contribution in [0, 0.1) is 0 Å². The fourth-order valence-electron chi connectivity index (χ4n) is 13.2. The molecule has 7 amide bonds. The molecule has 6 aromatic rings. The van der Waals surface area contributed by atoms with Crippen molar-refractivity contribution in [3.63, 3.8) is 0 Å². The van der Waals surface area contributed by atoms with E-state index < -0.39 is 238 Å². The zero-order chi connectivity index (χ0) is 80.2. The van der Waals surface area contributed by atoms with Gasteiger partial charge in [0.05, 0.1) is 41.9 Å². The van der Waals surface area contributed by atoms with Gasteiger partial charge in [-0.15, -0.1) is 0 Å². The molecular formula is C73H79Cl2N9O26S. The van der Waals surface area contributed by atoms with E-state index in [4.69, 9.17) is 67.8 Å². The minimum atomic E-state index is -2.33. The number of ether oxygens (including phenoxy) is 7. The summed E-state index contributed by atoms with van der Waals surface area (Å²) in [6, 6.07) is 7.71. The molecule has 592 valence electrons. The molecule has 0 aliphatic carbocycles. The number of thioether (sulfide) groups is 1. The van der Waals surface area contributed by atoms with Gasteiger partial charge >= 0.3 is 5.97 Å². The first kappa shape index (κ1) is 81.8. The highest BCUT2D eigenvalue weighted by atomic mass is 35.5. The predicted molar refractivity (Wildman–Crippen MR) is 388 cm³/mol. The number of halogens is 2. The van der Waals surface area contributed by atoms with E-state index in [0.29, 0.717) is 24.5 Å². The number of carboxylic acid groups (broad SMARTS) is 1. The van der Waals surface area contributed by atoms with Crippen LogP contribution in [0.1, 0.15) is 104 Å².